The van der Waals surface area contributed by atoms with E-state index < -0.39 is 11.7 Å². The van der Waals surface area contributed by atoms with E-state index >= 15 is 0 Å². The number of allylic oxidation sites excluding steroid dienone is 1. The van der Waals surface area contributed by atoms with Gasteiger partial charge in [-0.2, -0.15) is 13.2 Å². The molecule has 1 rings (SSSR count). The summed E-state index contributed by atoms with van der Waals surface area (Å²) in [4.78, 5) is 0. The van der Waals surface area contributed by atoms with Crippen molar-refractivity contribution in [2.45, 2.75) is 32.5 Å². The maximum atomic E-state index is 12.4. The van der Waals surface area contributed by atoms with Crippen molar-refractivity contribution in [2.24, 2.45) is 5.92 Å². The van der Waals surface area contributed by atoms with Gasteiger partial charge in [0, 0.05) is 6.54 Å². The maximum Gasteiger partial charge on any atom is 0.416 e. The predicted molar refractivity (Wildman–Crippen MR) is 71.7 cm³/mol. The lowest BCUT2D eigenvalue weighted by Crippen LogP contribution is -2.17. The molecule has 0 heterocycles. The third-order valence-corrected chi connectivity index (χ3v) is 2.99. The number of nitrogens with one attached hydrogen (secondary N) is 1. The van der Waals surface area contributed by atoms with Crippen LogP contribution in [-0.2, 0) is 12.7 Å². The van der Waals surface area contributed by atoms with Crippen molar-refractivity contribution in [2.75, 3.05) is 6.54 Å². The minimum Gasteiger partial charge on any atom is -0.313 e. The van der Waals surface area contributed by atoms with Gasteiger partial charge >= 0.3 is 6.18 Å². The smallest absolute Gasteiger partial charge is 0.313 e. The van der Waals surface area contributed by atoms with Crippen LogP contribution in [0.1, 0.15) is 30.9 Å². The monoisotopic (exact) mass is 271 g/mol. The molecule has 0 spiro atoms. The van der Waals surface area contributed by atoms with E-state index in [4.69, 9.17) is 0 Å². The number of halogens is 3. The highest BCUT2D eigenvalue weighted by Gasteiger charge is 2.29. The van der Waals surface area contributed by atoms with Crippen LogP contribution in [0, 0.1) is 5.92 Å². The topological polar surface area (TPSA) is 12.0 Å². The van der Waals surface area contributed by atoms with E-state index in [-0.39, 0.29) is 0 Å². The van der Waals surface area contributed by atoms with E-state index in [1.54, 1.807) is 0 Å². The molecular weight excluding hydrogens is 251 g/mol. The summed E-state index contributed by atoms with van der Waals surface area (Å²) in [5.74, 6) is 0.581. The SMILES string of the molecule is C=CCC(C)CCNCc1ccc(C(F)(F)F)cc1. The molecule has 106 valence electrons. The highest BCUT2D eigenvalue weighted by Crippen LogP contribution is 2.28. The van der Waals surface area contributed by atoms with E-state index in [1.165, 1.54) is 12.1 Å². The highest BCUT2D eigenvalue weighted by atomic mass is 19.4. The minimum absolute atomic E-state index is 0.581. The van der Waals surface area contributed by atoms with Crippen LogP contribution in [-0.4, -0.2) is 6.54 Å². The van der Waals surface area contributed by atoms with Gasteiger partial charge in [-0.15, -0.1) is 6.58 Å². The van der Waals surface area contributed by atoms with Crippen LogP contribution in [0.3, 0.4) is 0 Å². The summed E-state index contributed by atoms with van der Waals surface area (Å²) in [5, 5.41) is 3.23. The van der Waals surface area contributed by atoms with Crippen LogP contribution in [0.15, 0.2) is 36.9 Å². The van der Waals surface area contributed by atoms with Gasteiger partial charge in [-0.25, -0.2) is 0 Å². The lowest BCUT2D eigenvalue weighted by atomic mass is 10.0. The molecule has 1 aromatic carbocycles. The maximum absolute atomic E-state index is 12.4. The number of alkyl halides is 3. The summed E-state index contributed by atoms with van der Waals surface area (Å²) in [6.07, 6.45) is -0.332. The van der Waals surface area contributed by atoms with Gasteiger partial charge in [-0.3, -0.25) is 0 Å². The van der Waals surface area contributed by atoms with E-state index in [0.29, 0.717) is 12.5 Å². The fourth-order valence-electron chi connectivity index (χ4n) is 1.80. The summed E-state index contributed by atoms with van der Waals surface area (Å²) < 4.78 is 37.1. The molecule has 0 amide bonds. The molecule has 0 saturated heterocycles. The quantitative estimate of drug-likeness (QED) is 0.572. The first-order valence-electron chi connectivity index (χ1n) is 6.41. The molecule has 1 N–H and O–H groups in total. The molecule has 19 heavy (non-hydrogen) atoms. The van der Waals surface area contributed by atoms with Crippen molar-refractivity contribution in [1.29, 1.82) is 0 Å². The Balaban J connectivity index is 2.32. The molecule has 0 aliphatic carbocycles. The zero-order valence-corrected chi connectivity index (χ0v) is 11.1. The molecule has 0 fully saturated rings. The van der Waals surface area contributed by atoms with E-state index in [1.807, 2.05) is 6.08 Å². The largest absolute Gasteiger partial charge is 0.416 e. The minimum atomic E-state index is -4.26. The van der Waals surface area contributed by atoms with Crippen LogP contribution in [0.2, 0.25) is 0 Å². The third kappa shape index (κ3) is 5.92. The normalized spacial score (nSPS) is 13.3. The number of hydrogen-bond donors (Lipinski definition) is 1. The molecule has 1 aromatic rings. The first kappa shape index (κ1) is 15.8. The Kier molecular flexibility index (Phi) is 6.09. The van der Waals surface area contributed by atoms with Crippen LogP contribution < -0.4 is 5.32 Å². The summed E-state index contributed by atoms with van der Waals surface area (Å²) in [6.45, 7) is 7.30. The predicted octanol–water partition coefficient (Wildman–Crippen LogP) is 4.40. The van der Waals surface area contributed by atoms with Gasteiger partial charge in [0.05, 0.1) is 5.56 Å². The second-order valence-electron chi connectivity index (χ2n) is 4.79. The molecule has 4 heteroatoms. The van der Waals surface area contributed by atoms with Crippen molar-refractivity contribution < 1.29 is 13.2 Å². The van der Waals surface area contributed by atoms with Gasteiger partial charge in [-0.1, -0.05) is 25.1 Å². The van der Waals surface area contributed by atoms with Crippen LogP contribution in [0.5, 0.6) is 0 Å². The van der Waals surface area contributed by atoms with Gasteiger partial charge in [0.15, 0.2) is 0 Å². The van der Waals surface area contributed by atoms with Crippen LogP contribution in [0.25, 0.3) is 0 Å². The number of rotatable bonds is 7. The second kappa shape index (κ2) is 7.34. The Morgan fingerprint density at radius 1 is 1.26 bits per heavy atom. The molecule has 1 unspecified atom stereocenters. The highest BCUT2D eigenvalue weighted by molar-refractivity contribution is 5.24. The van der Waals surface area contributed by atoms with E-state index in [2.05, 4.69) is 18.8 Å². The second-order valence-corrected chi connectivity index (χ2v) is 4.79. The van der Waals surface area contributed by atoms with Crippen LogP contribution in [0.4, 0.5) is 13.2 Å². The van der Waals surface area contributed by atoms with Gasteiger partial charge in [0.1, 0.15) is 0 Å². The van der Waals surface area contributed by atoms with Crippen molar-refractivity contribution in [3.63, 3.8) is 0 Å². The van der Waals surface area contributed by atoms with Gasteiger partial charge in [0.2, 0.25) is 0 Å². The Hall–Kier alpha value is -1.29. The summed E-state index contributed by atoms with van der Waals surface area (Å²) in [5.41, 5.74) is 0.264. The van der Waals surface area contributed by atoms with E-state index in [9.17, 15) is 13.2 Å². The van der Waals surface area contributed by atoms with Gasteiger partial charge in [0.25, 0.3) is 0 Å². The molecule has 0 bridgehead atoms. The number of hydrogen-bond acceptors (Lipinski definition) is 1. The summed E-state index contributed by atoms with van der Waals surface area (Å²) >= 11 is 0. The van der Waals surface area contributed by atoms with Crippen molar-refractivity contribution in [3.05, 3.63) is 48.0 Å². The fraction of sp³-hybridized carbons (Fsp3) is 0.467. The lowest BCUT2D eigenvalue weighted by molar-refractivity contribution is -0.137. The molecule has 1 atom stereocenters. The number of benzene rings is 1. The Labute approximate surface area is 112 Å². The third-order valence-electron chi connectivity index (χ3n) is 2.99. The van der Waals surface area contributed by atoms with Crippen molar-refractivity contribution in [3.8, 4) is 0 Å². The fourth-order valence-corrected chi connectivity index (χ4v) is 1.80. The Morgan fingerprint density at radius 2 is 1.89 bits per heavy atom. The van der Waals surface area contributed by atoms with Crippen LogP contribution >= 0.6 is 0 Å². The van der Waals surface area contributed by atoms with E-state index in [0.717, 1.165) is 37.1 Å². The van der Waals surface area contributed by atoms with Crippen molar-refractivity contribution in [1.82, 2.24) is 5.32 Å². The first-order valence-corrected chi connectivity index (χ1v) is 6.41. The van der Waals surface area contributed by atoms with Crippen molar-refractivity contribution >= 4 is 0 Å². The molecule has 0 aliphatic heterocycles. The molecule has 1 nitrogen and oxygen atoms in total. The molecular formula is C15H20F3N. The Morgan fingerprint density at radius 3 is 2.42 bits per heavy atom. The molecule has 0 saturated carbocycles. The zero-order chi connectivity index (χ0) is 14.3. The summed E-state index contributed by atoms with van der Waals surface area (Å²) in [7, 11) is 0. The van der Waals surface area contributed by atoms with Gasteiger partial charge < -0.3 is 5.32 Å². The average molecular weight is 271 g/mol. The average Bonchev–Trinajstić information content (AvgIpc) is 2.34. The summed E-state index contributed by atoms with van der Waals surface area (Å²) in [6, 6.07) is 5.28. The first-order chi connectivity index (χ1) is 8.93. The molecule has 0 radical (unpaired) electrons. The molecule has 0 aromatic heterocycles. The Bertz CT molecular complexity index is 381. The zero-order valence-electron chi connectivity index (χ0n) is 11.1. The standard InChI is InChI=1S/C15H20F3N/c1-3-4-12(2)9-10-19-11-13-5-7-14(8-6-13)15(16,17)18/h3,5-8,12,19H,1,4,9-11H2,2H3. The lowest BCUT2D eigenvalue weighted by Gasteiger charge is -2.10. The molecule has 0 aliphatic rings. The van der Waals surface area contributed by atoms with Gasteiger partial charge in [-0.05, 0) is 43.0 Å².